The molecule has 0 amide bonds. The lowest BCUT2D eigenvalue weighted by Crippen LogP contribution is -2.11. The van der Waals surface area contributed by atoms with Gasteiger partial charge in [-0.2, -0.15) is 0 Å². The fraction of sp³-hybridized carbons (Fsp3) is 0.591. The molecule has 0 aromatic heterocycles. The number of aryl methyl sites for hydroxylation is 1. The maximum atomic E-state index is 9.92. The lowest BCUT2D eigenvalue weighted by Gasteiger charge is -2.15. The Morgan fingerprint density at radius 1 is 0.540 bits per heavy atom. The van der Waals surface area contributed by atoms with Crippen LogP contribution in [0.25, 0.3) is 0 Å². The second kappa shape index (κ2) is 28.2. The minimum absolute atomic E-state index is 0.263. The summed E-state index contributed by atoms with van der Waals surface area (Å²) >= 11 is 0. The summed E-state index contributed by atoms with van der Waals surface area (Å²) in [6.45, 7) is 17.5. The number of rotatable bonds is 22. The van der Waals surface area contributed by atoms with Gasteiger partial charge in [0, 0.05) is 17.7 Å². The fourth-order valence-electron chi connectivity index (χ4n) is 5.61. The Balaban J connectivity index is 0.000000376. The summed E-state index contributed by atoms with van der Waals surface area (Å²) in [5.41, 5.74) is 2.44. The minimum atomic E-state index is 0.263. The third-order valence-electron chi connectivity index (χ3n) is 9.01. The molecule has 0 aliphatic rings. The first-order valence-electron chi connectivity index (χ1n) is 19.6. The molecule has 0 aliphatic heterocycles. The summed E-state index contributed by atoms with van der Waals surface area (Å²) in [7, 11) is 0. The van der Waals surface area contributed by atoms with Gasteiger partial charge in [-0.15, -0.1) is 0 Å². The quantitative estimate of drug-likeness (QED) is 0.0907. The first kappa shape index (κ1) is 44.5. The second-order valence-electron chi connectivity index (χ2n) is 13.1. The highest BCUT2D eigenvalue weighted by molar-refractivity contribution is 5.50. The van der Waals surface area contributed by atoms with Crippen molar-refractivity contribution >= 4 is 0 Å². The van der Waals surface area contributed by atoms with Gasteiger partial charge in [-0.3, -0.25) is 0 Å². The first-order chi connectivity index (χ1) is 24.3. The summed E-state index contributed by atoms with van der Waals surface area (Å²) in [5.74, 6) is 4.28. The highest BCUT2D eigenvalue weighted by Crippen LogP contribution is 2.34. The summed E-state index contributed by atoms with van der Waals surface area (Å²) in [6, 6.07) is 17.7. The van der Waals surface area contributed by atoms with Gasteiger partial charge in [-0.25, -0.2) is 0 Å². The Morgan fingerprint density at radius 3 is 1.48 bits per heavy atom. The van der Waals surface area contributed by atoms with Gasteiger partial charge in [0.1, 0.15) is 23.0 Å². The van der Waals surface area contributed by atoms with E-state index in [0.717, 1.165) is 62.4 Å². The number of aromatic hydroxyl groups is 3. The number of benzene rings is 3. The van der Waals surface area contributed by atoms with E-state index in [2.05, 4.69) is 48.5 Å². The van der Waals surface area contributed by atoms with E-state index in [4.69, 9.17) is 14.2 Å². The Morgan fingerprint density at radius 2 is 1.06 bits per heavy atom. The van der Waals surface area contributed by atoms with E-state index in [9.17, 15) is 15.3 Å². The van der Waals surface area contributed by atoms with Crippen LogP contribution in [-0.2, 0) is 12.8 Å². The van der Waals surface area contributed by atoms with Gasteiger partial charge in [0.2, 0.25) is 0 Å². The van der Waals surface area contributed by atoms with Crippen molar-refractivity contribution < 1.29 is 29.5 Å². The highest BCUT2D eigenvalue weighted by atomic mass is 16.5. The molecule has 0 bridgehead atoms. The summed E-state index contributed by atoms with van der Waals surface area (Å²) < 4.78 is 17.2. The molecule has 6 nitrogen and oxygen atoms in total. The van der Waals surface area contributed by atoms with Crippen LogP contribution >= 0.6 is 0 Å². The number of phenols is 3. The Hall–Kier alpha value is -3.54. The molecule has 0 saturated carbocycles. The standard InChI is InChI=1S/C16H26O2.2C14H22O2/c1-4-7-8-9-12-18-16-14(6-3)13(5-2)10-11-15(16)17;2*1-3-5-7-12(4-2)11-16-14-9-6-8-13(15)10-14/h10-11,17H,4-9,12H2,1-3H3;2*6,8-10,12,15H,3-5,7,11H2,1-2H3. The van der Waals surface area contributed by atoms with Gasteiger partial charge in [0.05, 0.1) is 19.8 Å². The molecule has 0 spiro atoms. The largest absolute Gasteiger partial charge is 0.508 e. The van der Waals surface area contributed by atoms with Crippen LogP contribution in [0.4, 0.5) is 0 Å². The van der Waals surface area contributed by atoms with E-state index >= 15 is 0 Å². The molecule has 282 valence electrons. The number of phenolic OH excluding ortho intramolecular Hbond substituents is 3. The van der Waals surface area contributed by atoms with Gasteiger partial charge in [-0.05, 0) is 79.8 Å². The van der Waals surface area contributed by atoms with Gasteiger partial charge >= 0.3 is 0 Å². The van der Waals surface area contributed by atoms with E-state index in [0.29, 0.717) is 24.2 Å². The molecule has 3 aromatic carbocycles. The van der Waals surface area contributed by atoms with Crippen LogP contribution in [0.3, 0.4) is 0 Å². The Kier molecular flexibility index (Phi) is 25.1. The lowest BCUT2D eigenvalue weighted by atomic mass is 10.0. The molecular weight excluding hydrogens is 624 g/mol. The van der Waals surface area contributed by atoms with Crippen LogP contribution in [-0.4, -0.2) is 35.1 Å². The van der Waals surface area contributed by atoms with Crippen LogP contribution in [0.1, 0.15) is 137 Å². The fourth-order valence-corrected chi connectivity index (χ4v) is 5.61. The number of ether oxygens (including phenoxy) is 3. The second-order valence-corrected chi connectivity index (χ2v) is 13.1. The molecule has 0 saturated heterocycles. The SMILES string of the molecule is CCCCC(CC)COc1cccc(O)c1.CCCCC(CC)COc1cccc(O)c1.CCCCCCOc1c(O)ccc(CC)c1CC. The Bertz CT molecular complexity index is 1200. The monoisotopic (exact) mass is 695 g/mol. The van der Waals surface area contributed by atoms with Crippen molar-refractivity contribution in [3.8, 4) is 34.5 Å². The van der Waals surface area contributed by atoms with Crippen molar-refractivity contribution in [1.29, 1.82) is 0 Å². The molecule has 6 heteroatoms. The molecule has 0 radical (unpaired) electrons. The van der Waals surface area contributed by atoms with Gasteiger partial charge in [-0.1, -0.05) is 124 Å². The molecule has 3 N–H and O–H groups in total. The van der Waals surface area contributed by atoms with E-state index < -0.39 is 0 Å². The zero-order chi connectivity index (χ0) is 37.0. The molecule has 3 aromatic rings. The van der Waals surface area contributed by atoms with Crippen molar-refractivity contribution in [2.24, 2.45) is 11.8 Å². The maximum Gasteiger partial charge on any atom is 0.164 e. The van der Waals surface area contributed by atoms with Crippen molar-refractivity contribution in [3.63, 3.8) is 0 Å². The molecular formula is C44H70O6. The zero-order valence-electron chi connectivity index (χ0n) is 32.5. The maximum absolute atomic E-state index is 9.92. The van der Waals surface area contributed by atoms with E-state index in [1.807, 2.05) is 18.2 Å². The van der Waals surface area contributed by atoms with Crippen molar-refractivity contribution in [3.05, 3.63) is 71.8 Å². The average Bonchev–Trinajstić information content (AvgIpc) is 3.12. The topological polar surface area (TPSA) is 88.4 Å². The van der Waals surface area contributed by atoms with Crippen molar-refractivity contribution in [2.45, 2.75) is 138 Å². The molecule has 0 heterocycles. The normalized spacial score (nSPS) is 11.7. The minimum Gasteiger partial charge on any atom is -0.508 e. The zero-order valence-corrected chi connectivity index (χ0v) is 32.5. The number of unbranched alkanes of at least 4 members (excludes halogenated alkanes) is 5. The van der Waals surface area contributed by atoms with Crippen LogP contribution in [0, 0.1) is 11.8 Å². The number of hydrogen-bond donors (Lipinski definition) is 3. The molecule has 2 atom stereocenters. The smallest absolute Gasteiger partial charge is 0.164 e. The van der Waals surface area contributed by atoms with E-state index in [1.54, 1.807) is 42.5 Å². The third-order valence-corrected chi connectivity index (χ3v) is 9.01. The summed E-state index contributed by atoms with van der Waals surface area (Å²) in [6.07, 6.45) is 16.4. The molecule has 0 fully saturated rings. The van der Waals surface area contributed by atoms with Crippen LogP contribution in [0.5, 0.6) is 34.5 Å². The molecule has 2 unspecified atom stereocenters. The first-order valence-corrected chi connectivity index (χ1v) is 19.6. The van der Waals surface area contributed by atoms with Gasteiger partial charge in [0.15, 0.2) is 11.5 Å². The third kappa shape index (κ3) is 19.0. The van der Waals surface area contributed by atoms with Gasteiger partial charge in [0.25, 0.3) is 0 Å². The van der Waals surface area contributed by atoms with Crippen LogP contribution in [0.15, 0.2) is 60.7 Å². The lowest BCUT2D eigenvalue weighted by molar-refractivity contribution is 0.232. The molecule has 0 aliphatic carbocycles. The van der Waals surface area contributed by atoms with Crippen molar-refractivity contribution in [1.82, 2.24) is 0 Å². The summed E-state index contributed by atoms with van der Waals surface area (Å²) in [4.78, 5) is 0. The predicted octanol–water partition coefficient (Wildman–Crippen LogP) is 12.5. The molecule has 50 heavy (non-hydrogen) atoms. The number of hydrogen-bond acceptors (Lipinski definition) is 6. The van der Waals surface area contributed by atoms with Gasteiger partial charge < -0.3 is 29.5 Å². The van der Waals surface area contributed by atoms with E-state index in [-0.39, 0.29) is 17.2 Å². The Labute approximate surface area is 305 Å². The van der Waals surface area contributed by atoms with Crippen LogP contribution in [0.2, 0.25) is 0 Å². The van der Waals surface area contributed by atoms with Crippen molar-refractivity contribution in [2.75, 3.05) is 19.8 Å². The van der Waals surface area contributed by atoms with Crippen LogP contribution < -0.4 is 14.2 Å². The molecule has 3 rings (SSSR count). The average molecular weight is 695 g/mol. The summed E-state index contributed by atoms with van der Waals surface area (Å²) in [5, 5.41) is 28.5. The van der Waals surface area contributed by atoms with E-state index in [1.165, 1.54) is 63.4 Å². The predicted molar refractivity (Wildman–Crippen MR) is 210 cm³/mol. The highest BCUT2D eigenvalue weighted by Gasteiger charge is 2.12.